The summed E-state index contributed by atoms with van der Waals surface area (Å²) in [7, 11) is 0. The van der Waals surface area contributed by atoms with Crippen molar-refractivity contribution in [3.8, 4) is 11.5 Å². The van der Waals surface area contributed by atoms with Gasteiger partial charge in [-0.15, -0.1) is 0 Å². The van der Waals surface area contributed by atoms with Gasteiger partial charge >= 0.3 is 12.1 Å². The van der Waals surface area contributed by atoms with Crippen LogP contribution in [-0.2, 0) is 33.8 Å². The number of fused-ring (bicyclic) bond motifs is 1. The molecular weight excluding hydrogens is 598 g/mol. The number of para-hydroxylation sites is 1. The first-order valence-corrected chi connectivity index (χ1v) is 15.7. The zero-order chi connectivity index (χ0) is 32.8. The number of amides is 3. The summed E-state index contributed by atoms with van der Waals surface area (Å²) in [4.78, 5) is 28.0. The highest BCUT2D eigenvalue weighted by Crippen LogP contribution is 2.35. The second kappa shape index (κ2) is 14.1. The lowest BCUT2D eigenvalue weighted by Gasteiger charge is -2.32. The molecule has 0 spiro atoms. The molecule has 244 valence electrons. The lowest BCUT2D eigenvalue weighted by atomic mass is 10.0. The highest BCUT2D eigenvalue weighted by atomic mass is 16.7. The fourth-order valence-electron chi connectivity index (χ4n) is 5.61. The number of nitrogens with two attached hydrogens (primary N) is 1. The van der Waals surface area contributed by atoms with Crippen molar-refractivity contribution in [1.82, 2.24) is 4.90 Å². The molecule has 10 nitrogen and oxygen atoms in total. The molecule has 10 heteroatoms. The Morgan fingerprint density at radius 1 is 0.936 bits per heavy atom. The molecular formula is C37H39N3O7. The van der Waals surface area contributed by atoms with Crippen LogP contribution >= 0.6 is 0 Å². The first-order chi connectivity index (χ1) is 22.7. The molecule has 4 aromatic carbocycles. The number of carbonyl (C=O) groups excluding carboxylic acids is 2. The van der Waals surface area contributed by atoms with Gasteiger partial charge in [0.2, 0.25) is 5.79 Å². The summed E-state index contributed by atoms with van der Waals surface area (Å²) in [6, 6.07) is 30.0. The average Bonchev–Trinajstić information content (AvgIpc) is 3.44. The summed E-state index contributed by atoms with van der Waals surface area (Å²) in [5.74, 6) is 0.884. The first-order valence-electron chi connectivity index (χ1n) is 15.7. The molecule has 2 N–H and O–H groups in total. The van der Waals surface area contributed by atoms with Gasteiger partial charge in [0.25, 0.3) is 0 Å². The Balaban J connectivity index is 0.925. The van der Waals surface area contributed by atoms with Crippen molar-refractivity contribution in [2.75, 3.05) is 31.2 Å². The molecule has 1 atom stereocenters. The normalized spacial score (nSPS) is 16.6. The van der Waals surface area contributed by atoms with Crippen molar-refractivity contribution < 1.29 is 33.3 Å². The molecule has 0 radical (unpaired) electrons. The number of hydrogen-bond donors (Lipinski definition) is 1. The van der Waals surface area contributed by atoms with Gasteiger partial charge in [0.05, 0.1) is 37.7 Å². The molecule has 2 aliphatic heterocycles. The van der Waals surface area contributed by atoms with Crippen LogP contribution in [0.5, 0.6) is 11.5 Å². The Kier molecular flexibility index (Phi) is 9.60. The van der Waals surface area contributed by atoms with Crippen molar-refractivity contribution in [2.24, 2.45) is 5.73 Å². The number of anilines is 2. The average molecular weight is 638 g/mol. The minimum Gasteiger partial charge on any atom is -0.491 e. The van der Waals surface area contributed by atoms with Crippen molar-refractivity contribution >= 4 is 23.5 Å². The molecule has 0 aromatic heterocycles. The van der Waals surface area contributed by atoms with Gasteiger partial charge in [-0.05, 0) is 71.6 Å². The predicted molar refractivity (Wildman–Crippen MR) is 177 cm³/mol. The molecule has 4 aromatic rings. The van der Waals surface area contributed by atoms with E-state index in [1.165, 1.54) is 4.90 Å². The van der Waals surface area contributed by atoms with Crippen LogP contribution in [0.15, 0.2) is 97.1 Å². The van der Waals surface area contributed by atoms with E-state index in [0.717, 1.165) is 33.8 Å². The summed E-state index contributed by atoms with van der Waals surface area (Å²) in [5.41, 5.74) is 10.9. The van der Waals surface area contributed by atoms with Crippen LogP contribution in [0.2, 0.25) is 0 Å². The molecule has 3 amide bonds. The fourth-order valence-corrected chi connectivity index (χ4v) is 5.61. The van der Waals surface area contributed by atoms with Gasteiger partial charge in [-0.2, -0.15) is 0 Å². The van der Waals surface area contributed by atoms with Crippen LogP contribution in [0.3, 0.4) is 0 Å². The molecule has 1 unspecified atom stereocenters. The second-order valence-corrected chi connectivity index (χ2v) is 12.0. The van der Waals surface area contributed by atoms with E-state index < -0.39 is 11.8 Å². The number of cyclic esters (lactones) is 1. The van der Waals surface area contributed by atoms with Crippen molar-refractivity contribution in [2.45, 2.75) is 45.4 Å². The van der Waals surface area contributed by atoms with E-state index in [9.17, 15) is 9.59 Å². The highest BCUT2D eigenvalue weighted by Gasteiger charge is 2.34. The van der Waals surface area contributed by atoms with E-state index in [1.807, 2.05) is 111 Å². The van der Waals surface area contributed by atoms with Crippen molar-refractivity contribution in [1.29, 1.82) is 0 Å². The van der Waals surface area contributed by atoms with Crippen LogP contribution in [0, 0.1) is 0 Å². The predicted octanol–water partition coefficient (Wildman–Crippen LogP) is 6.88. The van der Waals surface area contributed by atoms with Gasteiger partial charge in [-0.1, -0.05) is 48.5 Å². The maximum atomic E-state index is 12.6. The quantitative estimate of drug-likeness (QED) is 0.169. The summed E-state index contributed by atoms with van der Waals surface area (Å²) < 4.78 is 29.0. The number of primary amides is 1. The van der Waals surface area contributed by atoms with Crippen LogP contribution in [0.1, 0.15) is 42.2 Å². The molecule has 2 heterocycles. The minimum atomic E-state index is -0.652. The lowest BCUT2D eigenvalue weighted by molar-refractivity contribution is -0.180. The molecule has 47 heavy (non-hydrogen) atoms. The molecule has 1 saturated heterocycles. The topological polar surface area (TPSA) is 113 Å². The van der Waals surface area contributed by atoms with Crippen LogP contribution in [0.4, 0.5) is 21.0 Å². The van der Waals surface area contributed by atoms with E-state index in [1.54, 1.807) is 4.90 Å². The Morgan fingerprint density at radius 3 is 2.51 bits per heavy atom. The summed E-state index contributed by atoms with van der Waals surface area (Å²) >= 11 is 0. The zero-order valence-electron chi connectivity index (χ0n) is 26.6. The van der Waals surface area contributed by atoms with Gasteiger partial charge in [0, 0.05) is 26.0 Å². The van der Waals surface area contributed by atoms with Gasteiger partial charge in [0.15, 0.2) is 0 Å². The standard InChI is InChI=1S/C37H39N3O7/c1-37(2)45-25-29-22-28(13-16-33(29)47-37)34-23-39(36(42)46-34)18-17-26-11-14-32(15-12-26)44-20-19-43-24-27-7-6-10-31(21-27)40(35(38)41)30-8-4-3-5-9-30/h3-16,21-22,34H,17-20,23-25H2,1-2H3,(H2,38,41). The molecule has 0 aliphatic carbocycles. The van der Waals surface area contributed by atoms with Crippen molar-refractivity contribution in [3.63, 3.8) is 0 Å². The number of hydrogen-bond acceptors (Lipinski definition) is 7. The number of ether oxygens (including phenoxy) is 5. The smallest absolute Gasteiger partial charge is 0.410 e. The highest BCUT2D eigenvalue weighted by molar-refractivity contribution is 5.98. The van der Waals surface area contributed by atoms with E-state index >= 15 is 0 Å². The van der Waals surface area contributed by atoms with Crippen molar-refractivity contribution in [3.05, 3.63) is 119 Å². The van der Waals surface area contributed by atoms with Gasteiger partial charge in [-0.25, -0.2) is 9.59 Å². The first kappa shape index (κ1) is 31.9. The van der Waals surface area contributed by atoms with Crippen LogP contribution < -0.4 is 20.1 Å². The Labute approximate surface area is 274 Å². The van der Waals surface area contributed by atoms with E-state index in [4.69, 9.17) is 29.4 Å². The second-order valence-electron chi connectivity index (χ2n) is 12.0. The molecule has 1 fully saturated rings. The third-order valence-electron chi connectivity index (χ3n) is 8.04. The van der Waals surface area contributed by atoms with E-state index in [0.29, 0.717) is 57.3 Å². The number of rotatable bonds is 12. The van der Waals surface area contributed by atoms with Gasteiger partial charge in [-0.3, -0.25) is 4.90 Å². The molecule has 0 saturated carbocycles. The SMILES string of the molecule is CC1(C)OCc2cc(C3CN(CCc4ccc(OCCOCc5cccc(N(C(N)=O)c6ccccc6)c5)cc4)C(=O)O3)ccc2O1. The Morgan fingerprint density at radius 2 is 1.72 bits per heavy atom. The lowest BCUT2D eigenvalue weighted by Crippen LogP contribution is -2.35. The largest absolute Gasteiger partial charge is 0.491 e. The molecule has 2 aliphatic rings. The van der Waals surface area contributed by atoms with Crippen LogP contribution in [0.25, 0.3) is 0 Å². The molecule has 0 bridgehead atoms. The number of nitrogens with zero attached hydrogens (tertiary/aromatic N) is 2. The number of carbonyl (C=O) groups is 2. The summed E-state index contributed by atoms with van der Waals surface area (Å²) in [6.45, 7) is 6.42. The summed E-state index contributed by atoms with van der Waals surface area (Å²) in [6.07, 6.45) is 0.0566. The fraction of sp³-hybridized carbons (Fsp3) is 0.297. The minimum absolute atomic E-state index is 0.311. The molecule has 6 rings (SSSR count). The Hall–Kier alpha value is -5.06. The van der Waals surface area contributed by atoms with Crippen LogP contribution in [-0.4, -0.2) is 49.1 Å². The third-order valence-corrected chi connectivity index (χ3v) is 8.04. The maximum absolute atomic E-state index is 12.6. The van der Waals surface area contributed by atoms with Gasteiger partial charge < -0.3 is 34.3 Å². The summed E-state index contributed by atoms with van der Waals surface area (Å²) in [5, 5.41) is 0. The monoisotopic (exact) mass is 637 g/mol. The van der Waals surface area contributed by atoms with E-state index in [2.05, 4.69) is 0 Å². The Bertz CT molecular complexity index is 1690. The zero-order valence-corrected chi connectivity index (χ0v) is 26.6. The third kappa shape index (κ3) is 8.03. The number of urea groups is 1. The maximum Gasteiger partial charge on any atom is 0.410 e. The van der Waals surface area contributed by atoms with E-state index in [-0.39, 0.29) is 12.2 Å². The number of benzene rings is 4. The van der Waals surface area contributed by atoms with Gasteiger partial charge in [0.1, 0.15) is 24.2 Å².